The lowest BCUT2D eigenvalue weighted by Gasteiger charge is -2.19. The van der Waals surface area contributed by atoms with Crippen molar-refractivity contribution in [3.63, 3.8) is 0 Å². The molecule has 1 atom stereocenters. The number of halogens is 3. The number of nitrogens with zero attached hydrogens (tertiary/aromatic N) is 1. The summed E-state index contributed by atoms with van der Waals surface area (Å²) in [6, 6.07) is 1.87. The predicted molar refractivity (Wildman–Crippen MR) is 48.1 cm³/mol. The fourth-order valence-electron chi connectivity index (χ4n) is 1.41. The van der Waals surface area contributed by atoms with Gasteiger partial charge >= 0.3 is 0 Å². The smallest absolute Gasteiger partial charge is 0.194 e. The molecule has 0 bridgehead atoms. The standard InChI is InChI=1S/C10H8F3NO/c1-10(4-15-5-14-10)6-2-7(11)9(13)8(12)3-6/h2-3,5H,4H2,1H3. The Balaban J connectivity index is 2.50. The molecule has 80 valence electrons. The lowest BCUT2D eigenvalue weighted by atomic mass is 9.94. The fraction of sp³-hybridized carbons (Fsp3) is 0.300. The van der Waals surface area contributed by atoms with Crippen LogP contribution in [0.15, 0.2) is 17.1 Å². The molecule has 1 heterocycles. The Morgan fingerprint density at radius 1 is 1.27 bits per heavy atom. The van der Waals surface area contributed by atoms with Crippen LogP contribution in [0.25, 0.3) is 0 Å². The molecule has 1 aliphatic rings. The Morgan fingerprint density at radius 3 is 2.33 bits per heavy atom. The first-order chi connectivity index (χ1) is 7.03. The Labute approximate surface area is 84.4 Å². The molecule has 0 spiro atoms. The van der Waals surface area contributed by atoms with Crippen molar-refractivity contribution in [2.45, 2.75) is 12.5 Å². The topological polar surface area (TPSA) is 21.6 Å². The first-order valence-corrected chi connectivity index (χ1v) is 4.33. The molecule has 0 saturated heterocycles. The number of ether oxygens (including phenoxy) is 1. The molecule has 2 rings (SSSR count). The van der Waals surface area contributed by atoms with E-state index in [2.05, 4.69) is 4.99 Å². The Bertz CT molecular complexity index is 410. The molecular weight excluding hydrogens is 207 g/mol. The predicted octanol–water partition coefficient (Wildman–Crippen LogP) is 2.38. The van der Waals surface area contributed by atoms with Gasteiger partial charge in [0.15, 0.2) is 23.9 Å². The normalized spacial score (nSPS) is 24.3. The number of hydrogen-bond acceptors (Lipinski definition) is 2. The van der Waals surface area contributed by atoms with E-state index in [1.807, 2.05) is 0 Å². The van der Waals surface area contributed by atoms with Crippen molar-refractivity contribution < 1.29 is 17.9 Å². The molecule has 0 saturated carbocycles. The summed E-state index contributed by atoms with van der Waals surface area (Å²) in [6.07, 6.45) is 1.22. The van der Waals surface area contributed by atoms with Crippen LogP contribution in [0.1, 0.15) is 12.5 Å². The minimum Gasteiger partial charge on any atom is -0.481 e. The van der Waals surface area contributed by atoms with Crippen molar-refractivity contribution in [2.75, 3.05) is 6.61 Å². The van der Waals surface area contributed by atoms with Crippen molar-refractivity contribution in [1.82, 2.24) is 0 Å². The van der Waals surface area contributed by atoms with Crippen LogP contribution in [-0.2, 0) is 10.3 Å². The molecular formula is C10H8F3NO. The largest absolute Gasteiger partial charge is 0.481 e. The zero-order valence-corrected chi connectivity index (χ0v) is 7.93. The van der Waals surface area contributed by atoms with E-state index >= 15 is 0 Å². The Hall–Kier alpha value is -1.52. The SMILES string of the molecule is CC1(c2cc(F)c(F)c(F)c2)COC=N1. The third-order valence-electron chi connectivity index (χ3n) is 2.38. The van der Waals surface area contributed by atoms with Crippen LogP contribution in [0.4, 0.5) is 13.2 Å². The Kier molecular flexibility index (Phi) is 2.17. The second kappa shape index (κ2) is 3.25. The third-order valence-corrected chi connectivity index (χ3v) is 2.38. The second-order valence-electron chi connectivity index (χ2n) is 3.57. The van der Waals surface area contributed by atoms with Crippen molar-refractivity contribution in [2.24, 2.45) is 4.99 Å². The monoisotopic (exact) mass is 215 g/mol. The Morgan fingerprint density at radius 2 is 1.87 bits per heavy atom. The maximum Gasteiger partial charge on any atom is 0.194 e. The fourth-order valence-corrected chi connectivity index (χ4v) is 1.41. The maximum absolute atomic E-state index is 13.0. The molecule has 1 aromatic rings. The summed E-state index contributed by atoms with van der Waals surface area (Å²) in [4.78, 5) is 3.95. The number of benzene rings is 1. The van der Waals surface area contributed by atoms with Gasteiger partial charge in [-0.1, -0.05) is 0 Å². The van der Waals surface area contributed by atoms with Gasteiger partial charge in [-0.2, -0.15) is 0 Å². The molecule has 15 heavy (non-hydrogen) atoms. The molecule has 0 fully saturated rings. The van der Waals surface area contributed by atoms with E-state index < -0.39 is 23.0 Å². The summed E-state index contributed by atoms with van der Waals surface area (Å²) >= 11 is 0. The molecule has 0 N–H and O–H groups in total. The summed E-state index contributed by atoms with van der Waals surface area (Å²) in [6.45, 7) is 1.85. The van der Waals surface area contributed by atoms with Gasteiger partial charge in [-0.3, -0.25) is 0 Å². The van der Waals surface area contributed by atoms with Crippen LogP contribution >= 0.6 is 0 Å². The van der Waals surface area contributed by atoms with Gasteiger partial charge in [0.2, 0.25) is 0 Å². The molecule has 1 unspecified atom stereocenters. The molecule has 0 radical (unpaired) electrons. The van der Waals surface area contributed by atoms with E-state index in [9.17, 15) is 13.2 Å². The number of aliphatic imine (C=N–C) groups is 1. The highest BCUT2D eigenvalue weighted by atomic mass is 19.2. The van der Waals surface area contributed by atoms with Crippen LogP contribution in [0.5, 0.6) is 0 Å². The van der Waals surface area contributed by atoms with Crippen LogP contribution in [0.3, 0.4) is 0 Å². The van der Waals surface area contributed by atoms with Gasteiger partial charge in [0.1, 0.15) is 12.1 Å². The van der Waals surface area contributed by atoms with Gasteiger partial charge in [0, 0.05) is 0 Å². The first kappa shape index (κ1) is 10.0. The van der Waals surface area contributed by atoms with E-state index in [1.165, 1.54) is 6.40 Å². The lowest BCUT2D eigenvalue weighted by Crippen LogP contribution is -2.21. The van der Waals surface area contributed by atoms with Crippen molar-refractivity contribution in [1.29, 1.82) is 0 Å². The molecule has 1 aliphatic heterocycles. The minimum atomic E-state index is -1.47. The van der Waals surface area contributed by atoms with E-state index in [0.717, 1.165) is 12.1 Å². The van der Waals surface area contributed by atoms with Crippen molar-refractivity contribution >= 4 is 6.40 Å². The van der Waals surface area contributed by atoms with E-state index in [-0.39, 0.29) is 12.2 Å². The second-order valence-corrected chi connectivity index (χ2v) is 3.57. The molecule has 5 heteroatoms. The minimum absolute atomic E-state index is 0.192. The summed E-state index contributed by atoms with van der Waals surface area (Å²) in [5.41, 5.74) is -0.581. The molecule has 1 aromatic carbocycles. The zero-order chi connectivity index (χ0) is 11.1. The summed E-state index contributed by atoms with van der Waals surface area (Å²) in [5, 5.41) is 0. The number of rotatable bonds is 1. The van der Waals surface area contributed by atoms with Crippen LogP contribution < -0.4 is 0 Å². The van der Waals surface area contributed by atoms with E-state index in [0.29, 0.717) is 0 Å². The maximum atomic E-state index is 13.0. The molecule has 0 aliphatic carbocycles. The third kappa shape index (κ3) is 1.58. The highest BCUT2D eigenvalue weighted by molar-refractivity contribution is 5.52. The summed E-state index contributed by atoms with van der Waals surface area (Å²) in [5.74, 6) is -3.90. The number of hydrogen-bond donors (Lipinski definition) is 0. The van der Waals surface area contributed by atoms with Crippen LogP contribution in [0, 0.1) is 17.5 Å². The van der Waals surface area contributed by atoms with Crippen LogP contribution in [0.2, 0.25) is 0 Å². The van der Waals surface area contributed by atoms with Gasteiger partial charge in [-0.05, 0) is 24.6 Å². The lowest BCUT2D eigenvalue weighted by molar-refractivity contribution is 0.275. The molecule has 2 nitrogen and oxygen atoms in total. The average Bonchev–Trinajstić information content (AvgIpc) is 2.62. The van der Waals surface area contributed by atoms with Gasteiger partial charge in [-0.25, -0.2) is 18.2 Å². The summed E-state index contributed by atoms with van der Waals surface area (Å²) in [7, 11) is 0. The van der Waals surface area contributed by atoms with Crippen molar-refractivity contribution in [3.8, 4) is 0 Å². The average molecular weight is 215 g/mol. The van der Waals surface area contributed by atoms with Gasteiger partial charge in [0.05, 0.1) is 0 Å². The highest BCUT2D eigenvalue weighted by Crippen LogP contribution is 2.30. The van der Waals surface area contributed by atoms with E-state index in [1.54, 1.807) is 6.92 Å². The first-order valence-electron chi connectivity index (χ1n) is 4.33. The summed E-state index contributed by atoms with van der Waals surface area (Å²) < 4.78 is 43.5. The zero-order valence-electron chi connectivity index (χ0n) is 7.93. The quantitative estimate of drug-likeness (QED) is 0.659. The van der Waals surface area contributed by atoms with Crippen LogP contribution in [-0.4, -0.2) is 13.0 Å². The van der Waals surface area contributed by atoms with Gasteiger partial charge in [0.25, 0.3) is 0 Å². The highest BCUT2D eigenvalue weighted by Gasteiger charge is 2.31. The molecule has 0 amide bonds. The van der Waals surface area contributed by atoms with Crippen molar-refractivity contribution in [3.05, 3.63) is 35.1 Å². The molecule has 0 aromatic heterocycles. The van der Waals surface area contributed by atoms with Gasteiger partial charge in [-0.15, -0.1) is 0 Å². The van der Waals surface area contributed by atoms with Gasteiger partial charge < -0.3 is 4.74 Å². The van der Waals surface area contributed by atoms with E-state index in [4.69, 9.17) is 4.74 Å².